The minimum absolute atomic E-state index is 0.0541. The number of hydrogen-bond acceptors (Lipinski definition) is 5. The summed E-state index contributed by atoms with van der Waals surface area (Å²) in [6.07, 6.45) is 0.102. The maximum Gasteiger partial charge on any atom is 0.511 e. The lowest BCUT2D eigenvalue weighted by Gasteiger charge is -2.35. The predicted octanol–water partition coefficient (Wildman–Crippen LogP) is 3.28. The van der Waals surface area contributed by atoms with E-state index in [4.69, 9.17) is 0 Å². The van der Waals surface area contributed by atoms with Crippen LogP contribution in [-0.4, -0.2) is 40.6 Å². The van der Waals surface area contributed by atoms with E-state index >= 15 is 0 Å². The highest BCUT2D eigenvalue weighted by Crippen LogP contribution is 2.34. The van der Waals surface area contributed by atoms with Crippen LogP contribution in [0.5, 0.6) is 0 Å². The second-order valence-electron chi connectivity index (χ2n) is 9.71. The van der Waals surface area contributed by atoms with Crippen molar-refractivity contribution in [3.63, 3.8) is 0 Å². The normalized spacial score (nSPS) is 17.3. The lowest BCUT2D eigenvalue weighted by molar-refractivity contribution is -0.0450. The summed E-state index contributed by atoms with van der Waals surface area (Å²) in [4.78, 5) is 19.2. The standard InChI is InChI=1S/C22H26F3N5O3S/c1-21(2,3)13-30-17-9-10-18(26-19(17)28(4)20(30)31)29-12-15(27-34(32,33)22(23,24)25)11-14-7-5-6-8-16(14)29/h5-10,15,27H,11-13H2,1-4H3. The van der Waals surface area contributed by atoms with Gasteiger partial charge in [-0.05, 0) is 35.6 Å². The quantitative estimate of drug-likeness (QED) is 0.598. The Morgan fingerprint density at radius 2 is 1.79 bits per heavy atom. The minimum atomic E-state index is -5.51. The zero-order valence-electron chi connectivity index (χ0n) is 19.2. The molecule has 34 heavy (non-hydrogen) atoms. The fourth-order valence-electron chi connectivity index (χ4n) is 4.22. The smallest absolute Gasteiger partial charge is 0.324 e. The van der Waals surface area contributed by atoms with Crippen LogP contribution in [0.3, 0.4) is 0 Å². The molecule has 1 atom stereocenters. The van der Waals surface area contributed by atoms with Crippen molar-refractivity contribution in [3.8, 4) is 0 Å². The molecule has 12 heteroatoms. The molecule has 2 aromatic heterocycles. The molecule has 1 aliphatic heterocycles. The number of nitrogens with zero attached hydrogens (tertiary/aromatic N) is 4. The van der Waals surface area contributed by atoms with Gasteiger partial charge in [0, 0.05) is 31.9 Å². The molecule has 184 valence electrons. The van der Waals surface area contributed by atoms with E-state index < -0.39 is 21.6 Å². The van der Waals surface area contributed by atoms with E-state index in [0.717, 1.165) is 5.69 Å². The Morgan fingerprint density at radius 1 is 1.12 bits per heavy atom. The maximum absolute atomic E-state index is 13.0. The second kappa shape index (κ2) is 8.12. The van der Waals surface area contributed by atoms with Crippen LogP contribution in [0.1, 0.15) is 26.3 Å². The number of anilines is 2. The molecule has 8 nitrogen and oxygen atoms in total. The number of sulfonamides is 1. The number of imidazole rings is 1. The number of nitrogens with one attached hydrogen (secondary N) is 1. The largest absolute Gasteiger partial charge is 0.511 e. The number of halogens is 3. The molecule has 0 saturated carbocycles. The summed E-state index contributed by atoms with van der Waals surface area (Å²) in [6.45, 7) is 6.49. The molecule has 0 aliphatic carbocycles. The number of rotatable bonds is 4. The van der Waals surface area contributed by atoms with Crippen LogP contribution >= 0.6 is 0 Å². The highest BCUT2D eigenvalue weighted by atomic mass is 32.2. The van der Waals surface area contributed by atoms with Crippen molar-refractivity contribution in [2.75, 3.05) is 11.4 Å². The molecule has 0 amide bonds. The van der Waals surface area contributed by atoms with Crippen molar-refractivity contribution in [3.05, 3.63) is 52.4 Å². The van der Waals surface area contributed by atoms with Crippen LogP contribution in [0.2, 0.25) is 0 Å². The van der Waals surface area contributed by atoms with Crippen LogP contribution in [0.15, 0.2) is 41.2 Å². The second-order valence-corrected chi connectivity index (χ2v) is 11.4. The molecule has 4 rings (SSSR count). The molecule has 1 aliphatic rings. The lowest BCUT2D eigenvalue weighted by Crippen LogP contribution is -2.50. The number of aromatic nitrogens is 3. The molecule has 0 bridgehead atoms. The average molecular weight is 498 g/mol. The number of fused-ring (bicyclic) bond motifs is 2. The Morgan fingerprint density at radius 3 is 2.44 bits per heavy atom. The summed E-state index contributed by atoms with van der Waals surface area (Å²) < 4.78 is 67.3. The van der Waals surface area contributed by atoms with Gasteiger partial charge in [0.2, 0.25) is 0 Å². The van der Waals surface area contributed by atoms with Crippen LogP contribution in [-0.2, 0) is 30.0 Å². The van der Waals surface area contributed by atoms with Gasteiger partial charge in [-0.25, -0.2) is 22.9 Å². The molecule has 1 unspecified atom stereocenters. The first-order valence-electron chi connectivity index (χ1n) is 10.7. The molecule has 1 aromatic carbocycles. The van der Waals surface area contributed by atoms with Crippen molar-refractivity contribution in [2.45, 2.75) is 45.3 Å². The summed E-state index contributed by atoms with van der Waals surface area (Å²) in [5, 5.41) is 0. The summed E-state index contributed by atoms with van der Waals surface area (Å²) >= 11 is 0. The third-order valence-electron chi connectivity index (χ3n) is 5.65. The number of hydrogen-bond donors (Lipinski definition) is 1. The van der Waals surface area contributed by atoms with Gasteiger partial charge in [0.05, 0.1) is 5.52 Å². The van der Waals surface area contributed by atoms with Crippen molar-refractivity contribution < 1.29 is 21.6 Å². The van der Waals surface area contributed by atoms with Gasteiger partial charge in [-0.2, -0.15) is 13.2 Å². The Kier molecular flexibility index (Phi) is 5.80. The zero-order chi connectivity index (χ0) is 25.1. The monoisotopic (exact) mass is 497 g/mol. The molecule has 0 spiro atoms. The fourth-order valence-corrected chi connectivity index (χ4v) is 4.95. The van der Waals surface area contributed by atoms with E-state index in [1.807, 2.05) is 20.8 Å². The summed E-state index contributed by atoms with van der Waals surface area (Å²) in [5.41, 5.74) is -3.29. The number of para-hydroxylation sites is 1. The Hall–Kier alpha value is -2.86. The van der Waals surface area contributed by atoms with Crippen molar-refractivity contribution >= 4 is 32.7 Å². The summed E-state index contributed by atoms with van der Waals surface area (Å²) in [5.74, 6) is 0.402. The molecule has 3 heterocycles. The van der Waals surface area contributed by atoms with Gasteiger partial charge >= 0.3 is 21.2 Å². The molecular weight excluding hydrogens is 471 g/mol. The van der Waals surface area contributed by atoms with E-state index in [0.29, 0.717) is 29.1 Å². The maximum atomic E-state index is 13.0. The third kappa shape index (κ3) is 4.43. The first kappa shape index (κ1) is 24.3. The topological polar surface area (TPSA) is 89.2 Å². The summed E-state index contributed by atoms with van der Waals surface area (Å²) in [7, 11) is -3.90. The van der Waals surface area contributed by atoms with E-state index in [1.165, 1.54) is 4.57 Å². The van der Waals surface area contributed by atoms with Crippen LogP contribution < -0.4 is 15.3 Å². The zero-order valence-corrected chi connectivity index (χ0v) is 20.0. The number of aryl methyl sites for hydroxylation is 1. The number of benzene rings is 1. The van der Waals surface area contributed by atoms with Crippen molar-refractivity contribution in [1.29, 1.82) is 0 Å². The first-order valence-corrected chi connectivity index (χ1v) is 12.2. The average Bonchev–Trinajstić information content (AvgIpc) is 2.95. The van der Waals surface area contributed by atoms with Gasteiger partial charge in [-0.15, -0.1) is 0 Å². The Bertz CT molecular complexity index is 1400. The predicted molar refractivity (Wildman–Crippen MR) is 123 cm³/mol. The SMILES string of the molecule is Cn1c(=O)n(CC(C)(C)C)c2ccc(N3CC(NS(=O)(=O)C(F)(F)F)Cc4ccccc43)nc21. The Labute approximate surface area is 195 Å². The van der Waals surface area contributed by atoms with Gasteiger partial charge < -0.3 is 4.90 Å². The van der Waals surface area contributed by atoms with Gasteiger partial charge in [0.25, 0.3) is 0 Å². The molecule has 0 radical (unpaired) electrons. The highest BCUT2D eigenvalue weighted by Gasteiger charge is 2.47. The fraction of sp³-hybridized carbons (Fsp3) is 0.455. The molecule has 1 N–H and O–H groups in total. The highest BCUT2D eigenvalue weighted by molar-refractivity contribution is 7.90. The third-order valence-corrected chi connectivity index (χ3v) is 6.91. The van der Waals surface area contributed by atoms with Gasteiger partial charge in [-0.1, -0.05) is 39.0 Å². The van der Waals surface area contributed by atoms with Crippen molar-refractivity contribution in [1.82, 2.24) is 18.8 Å². The van der Waals surface area contributed by atoms with E-state index in [-0.39, 0.29) is 24.1 Å². The van der Waals surface area contributed by atoms with Crippen LogP contribution in [0, 0.1) is 5.41 Å². The first-order chi connectivity index (χ1) is 15.7. The number of pyridine rings is 1. The van der Waals surface area contributed by atoms with E-state index in [9.17, 15) is 26.4 Å². The van der Waals surface area contributed by atoms with E-state index in [2.05, 4.69) is 4.98 Å². The Balaban J connectivity index is 1.77. The molecule has 3 aromatic rings. The number of alkyl halides is 3. The van der Waals surface area contributed by atoms with Gasteiger partial charge in [0.1, 0.15) is 5.82 Å². The molecular formula is C22H26F3N5O3S. The van der Waals surface area contributed by atoms with Gasteiger partial charge in [-0.3, -0.25) is 9.13 Å². The van der Waals surface area contributed by atoms with Crippen LogP contribution in [0.4, 0.5) is 24.7 Å². The minimum Gasteiger partial charge on any atom is -0.324 e. The summed E-state index contributed by atoms with van der Waals surface area (Å²) in [6, 6.07) is 9.51. The molecule has 0 saturated heterocycles. The van der Waals surface area contributed by atoms with Crippen molar-refractivity contribution in [2.24, 2.45) is 12.5 Å². The van der Waals surface area contributed by atoms with E-state index in [1.54, 1.807) is 57.6 Å². The van der Waals surface area contributed by atoms with Crippen LogP contribution in [0.25, 0.3) is 11.2 Å². The lowest BCUT2D eigenvalue weighted by atomic mass is 9.97. The molecule has 0 fully saturated rings. The van der Waals surface area contributed by atoms with Gasteiger partial charge in [0.15, 0.2) is 5.65 Å².